The molecule has 0 aliphatic heterocycles. The van der Waals surface area contributed by atoms with Crippen LogP contribution in [-0.2, 0) is 6.42 Å². The van der Waals surface area contributed by atoms with Crippen molar-refractivity contribution in [2.24, 2.45) is 0 Å². The molecule has 0 spiro atoms. The van der Waals surface area contributed by atoms with Gasteiger partial charge >= 0.3 is 0 Å². The van der Waals surface area contributed by atoms with Crippen molar-refractivity contribution < 1.29 is 5.11 Å². The highest BCUT2D eigenvalue weighted by molar-refractivity contribution is 7.57. The minimum Gasteiger partial charge on any atom is -0.391 e. The Morgan fingerprint density at radius 2 is 2.00 bits per heavy atom. The van der Waals surface area contributed by atoms with Gasteiger partial charge in [-0.15, -0.1) is 0 Å². The van der Waals surface area contributed by atoms with Crippen LogP contribution in [0.3, 0.4) is 0 Å². The van der Waals surface area contributed by atoms with Crippen LogP contribution in [0.25, 0.3) is 0 Å². The Bertz CT molecular complexity index is 413. The summed E-state index contributed by atoms with van der Waals surface area (Å²) in [7, 11) is -0.272. The molecule has 2 rings (SSSR count). The Labute approximate surface area is 112 Å². The molecule has 3 heteroatoms. The van der Waals surface area contributed by atoms with Gasteiger partial charge in [0.05, 0.1) is 12.1 Å². The number of benzene rings is 1. The van der Waals surface area contributed by atoms with E-state index in [0.717, 1.165) is 12.6 Å². The smallest absolute Gasteiger partial charge is 0.0778 e. The lowest BCUT2D eigenvalue weighted by atomic mass is 10.1. The molecule has 2 nitrogen and oxygen atoms in total. The van der Waals surface area contributed by atoms with Gasteiger partial charge in [-0.1, -0.05) is 52.0 Å². The third-order valence-corrected chi connectivity index (χ3v) is 6.47. The zero-order valence-electron chi connectivity index (χ0n) is 11.8. The van der Waals surface area contributed by atoms with Crippen LogP contribution < -0.4 is 5.09 Å². The third-order valence-electron chi connectivity index (χ3n) is 3.62. The van der Waals surface area contributed by atoms with Gasteiger partial charge in [-0.05, 0) is 30.5 Å². The summed E-state index contributed by atoms with van der Waals surface area (Å²) in [5.74, 6) is 0. The van der Waals surface area contributed by atoms with Crippen molar-refractivity contribution in [3.8, 4) is 0 Å². The molecule has 1 aliphatic rings. The van der Waals surface area contributed by atoms with E-state index in [-0.39, 0.29) is 25.4 Å². The second-order valence-electron chi connectivity index (χ2n) is 5.99. The zero-order valence-corrected chi connectivity index (χ0v) is 12.7. The van der Waals surface area contributed by atoms with Crippen LogP contribution in [0, 0.1) is 0 Å². The van der Waals surface area contributed by atoms with Gasteiger partial charge in [-0.2, -0.15) is 0 Å². The monoisotopic (exact) mass is 265 g/mol. The fourth-order valence-electron chi connectivity index (χ4n) is 2.66. The predicted octanol–water partition coefficient (Wildman–Crippen LogP) is 3.45. The van der Waals surface area contributed by atoms with E-state index in [2.05, 4.69) is 57.0 Å². The van der Waals surface area contributed by atoms with Crippen molar-refractivity contribution in [1.29, 1.82) is 0 Å². The molecule has 0 bridgehead atoms. The van der Waals surface area contributed by atoms with Crippen LogP contribution in [0.15, 0.2) is 24.3 Å². The van der Waals surface area contributed by atoms with Crippen LogP contribution in [0.1, 0.15) is 44.9 Å². The summed E-state index contributed by atoms with van der Waals surface area (Å²) >= 11 is 0. The van der Waals surface area contributed by atoms with E-state index in [1.165, 1.54) is 11.1 Å². The van der Waals surface area contributed by atoms with Crippen molar-refractivity contribution in [3.05, 3.63) is 35.4 Å². The van der Waals surface area contributed by atoms with Gasteiger partial charge in [-0.25, -0.2) is 0 Å². The van der Waals surface area contributed by atoms with Gasteiger partial charge in [0.25, 0.3) is 0 Å². The number of aliphatic hydroxyl groups excluding tert-OH is 1. The van der Waals surface area contributed by atoms with Crippen LogP contribution in [0.5, 0.6) is 0 Å². The van der Waals surface area contributed by atoms with Crippen LogP contribution in [-0.4, -0.2) is 22.5 Å². The van der Waals surface area contributed by atoms with E-state index in [1.54, 1.807) is 0 Å². The van der Waals surface area contributed by atoms with Crippen LogP contribution >= 0.6 is 8.07 Å². The average molecular weight is 265 g/mol. The van der Waals surface area contributed by atoms with E-state index in [1.807, 2.05) is 0 Å². The summed E-state index contributed by atoms with van der Waals surface area (Å²) in [5.41, 5.74) is 2.58. The number of hydrogen-bond acceptors (Lipinski definition) is 2. The standard InChI is InChI=1S/C15H24NOP/c1-5-18(15(2,3)4)16-14-12-9-7-6-8-11(12)10-13(14)17/h6-9,13-14,16-17H,5,10H2,1-4H3/t13-,14+,18+/m1/s1. The summed E-state index contributed by atoms with van der Waals surface area (Å²) in [5, 5.41) is 14.3. The van der Waals surface area contributed by atoms with Crippen molar-refractivity contribution in [2.75, 3.05) is 6.16 Å². The topological polar surface area (TPSA) is 32.3 Å². The molecule has 3 atom stereocenters. The molecule has 0 radical (unpaired) electrons. The minimum atomic E-state index is -0.277. The van der Waals surface area contributed by atoms with Crippen molar-refractivity contribution in [3.63, 3.8) is 0 Å². The van der Waals surface area contributed by atoms with E-state index in [4.69, 9.17) is 0 Å². The molecular weight excluding hydrogens is 241 g/mol. The van der Waals surface area contributed by atoms with E-state index in [0.29, 0.717) is 0 Å². The summed E-state index contributed by atoms with van der Waals surface area (Å²) in [4.78, 5) is 0. The normalized spacial score (nSPS) is 24.9. The summed E-state index contributed by atoms with van der Waals surface area (Å²) in [6.45, 7) is 9.07. The molecule has 2 N–H and O–H groups in total. The lowest BCUT2D eigenvalue weighted by Crippen LogP contribution is -2.31. The molecule has 0 unspecified atom stereocenters. The molecule has 0 fully saturated rings. The highest BCUT2D eigenvalue weighted by Crippen LogP contribution is 2.49. The highest BCUT2D eigenvalue weighted by atomic mass is 31.1. The Hall–Kier alpha value is -0.430. The maximum absolute atomic E-state index is 10.3. The SMILES string of the molecule is CC[P@](N[C@H]1c2ccccc2C[C@H]1O)C(C)(C)C. The van der Waals surface area contributed by atoms with Crippen molar-refractivity contribution in [1.82, 2.24) is 5.09 Å². The maximum atomic E-state index is 10.3. The molecule has 0 aromatic heterocycles. The number of aliphatic hydroxyl groups is 1. The molecule has 0 saturated carbocycles. The quantitative estimate of drug-likeness (QED) is 0.820. The molecule has 18 heavy (non-hydrogen) atoms. The molecule has 1 aromatic carbocycles. The van der Waals surface area contributed by atoms with Gasteiger partial charge in [0.2, 0.25) is 0 Å². The molecular formula is C15H24NOP. The number of hydrogen-bond donors (Lipinski definition) is 2. The molecule has 0 heterocycles. The van der Waals surface area contributed by atoms with E-state index >= 15 is 0 Å². The zero-order chi connectivity index (χ0) is 13.3. The van der Waals surface area contributed by atoms with Gasteiger partial charge < -0.3 is 5.11 Å². The number of rotatable bonds is 3. The predicted molar refractivity (Wildman–Crippen MR) is 79.2 cm³/mol. The second kappa shape index (κ2) is 5.28. The Balaban J connectivity index is 2.19. The molecule has 0 amide bonds. The largest absolute Gasteiger partial charge is 0.391 e. The highest BCUT2D eigenvalue weighted by Gasteiger charge is 2.34. The van der Waals surface area contributed by atoms with Crippen molar-refractivity contribution in [2.45, 2.75) is 51.4 Å². The summed E-state index contributed by atoms with van der Waals surface area (Å²) in [6, 6.07) is 8.52. The van der Waals surface area contributed by atoms with Gasteiger partial charge in [-0.3, -0.25) is 5.09 Å². The Morgan fingerprint density at radius 1 is 1.33 bits per heavy atom. The fourth-order valence-corrected chi connectivity index (χ4v) is 4.82. The maximum Gasteiger partial charge on any atom is 0.0778 e. The first-order chi connectivity index (χ1) is 8.43. The van der Waals surface area contributed by atoms with Gasteiger partial charge in [0.15, 0.2) is 0 Å². The van der Waals surface area contributed by atoms with Crippen LogP contribution in [0.4, 0.5) is 0 Å². The minimum absolute atomic E-state index is 0.117. The third kappa shape index (κ3) is 2.77. The Morgan fingerprint density at radius 3 is 2.61 bits per heavy atom. The fraction of sp³-hybridized carbons (Fsp3) is 0.600. The first-order valence-electron chi connectivity index (χ1n) is 6.73. The first kappa shape index (κ1) is 14.0. The lowest BCUT2D eigenvalue weighted by molar-refractivity contribution is 0.152. The second-order valence-corrected chi connectivity index (χ2v) is 9.08. The first-order valence-corrected chi connectivity index (χ1v) is 8.26. The molecule has 0 saturated heterocycles. The Kier molecular flexibility index (Phi) is 4.11. The number of nitrogens with one attached hydrogen (secondary N) is 1. The lowest BCUT2D eigenvalue weighted by Gasteiger charge is -2.34. The van der Waals surface area contributed by atoms with E-state index in [9.17, 15) is 5.11 Å². The molecule has 100 valence electrons. The average Bonchev–Trinajstić information content (AvgIpc) is 2.60. The number of fused-ring (bicyclic) bond motifs is 1. The molecule has 1 aromatic rings. The van der Waals surface area contributed by atoms with E-state index < -0.39 is 0 Å². The summed E-state index contributed by atoms with van der Waals surface area (Å²) < 4.78 is 0. The van der Waals surface area contributed by atoms with Gasteiger partial charge in [0, 0.05) is 6.42 Å². The van der Waals surface area contributed by atoms with Crippen LogP contribution in [0.2, 0.25) is 0 Å². The molecule has 1 aliphatic carbocycles. The van der Waals surface area contributed by atoms with Gasteiger partial charge in [0.1, 0.15) is 0 Å². The summed E-state index contributed by atoms with van der Waals surface area (Å²) in [6.07, 6.45) is 1.65. The van der Waals surface area contributed by atoms with Crippen molar-refractivity contribution >= 4 is 8.07 Å².